The van der Waals surface area contributed by atoms with E-state index < -0.39 is 11.4 Å². The number of carboxylic acids is 1. The molecule has 1 rings (SSSR count). The van der Waals surface area contributed by atoms with Gasteiger partial charge in [0.25, 0.3) is 0 Å². The van der Waals surface area contributed by atoms with E-state index in [2.05, 4.69) is 27.7 Å². The summed E-state index contributed by atoms with van der Waals surface area (Å²) in [6.45, 7) is 8.85. The van der Waals surface area contributed by atoms with Crippen LogP contribution >= 0.6 is 0 Å². The highest BCUT2D eigenvalue weighted by Crippen LogP contribution is 2.45. The zero-order valence-electron chi connectivity index (χ0n) is 11.8. The smallest absolute Gasteiger partial charge is 0.309 e. The summed E-state index contributed by atoms with van der Waals surface area (Å²) in [4.78, 5) is 11.6. The molecule has 0 spiro atoms. The van der Waals surface area contributed by atoms with Gasteiger partial charge in [-0.1, -0.05) is 34.1 Å². The average molecular weight is 240 g/mol. The van der Waals surface area contributed by atoms with Crippen molar-refractivity contribution in [3.63, 3.8) is 0 Å². The second-order valence-corrected chi connectivity index (χ2v) is 6.38. The molecule has 0 aromatic rings. The number of hydrogen-bond donors (Lipinski definition) is 1. The van der Waals surface area contributed by atoms with Gasteiger partial charge >= 0.3 is 5.97 Å². The fourth-order valence-electron chi connectivity index (χ4n) is 3.18. The Labute approximate surface area is 106 Å². The second kappa shape index (κ2) is 5.88. The largest absolute Gasteiger partial charge is 0.481 e. The molecule has 0 heterocycles. The monoisotopic (exact) mass is 240 g/mol. The lowest BCUT2D eigenvalue weighted by molar-refractivity contribution is -0.153. The van der Waals surface area contributed by atoms with Crippen molar-refractivity contribution in [1.82, 2.24) is 0 Å². The van der Waals surface area contributed by atoms with Crippen LogP contribution in [0.1, 0.15) is 66.2 Å². The molecular weight excluding hydrogens is 212 g/mol. The minimum atomic E-state index is -0.556. The van der Waals surface area contributed by atoms with Crippen molar-refractivity contribution >= 4 is 5.97 Å². The molecule has 2 heteroatoms. The molecule has 2 nitrogen and oxygen atoms in total. The Hall–Kier alpha value is -0.530. The van der Waals surface area contributed by atoms with Crippen molar-refractivity contribution in [2.24, 2.45) is 23.2 Å². The number of aliphatic carboxylic acids is 1. The molecule has 0 bridgehead atoms. The highest BCUT2D eigenvalue weighted by molar-refractivity contribution is 5.74. The Morgan fingerprint density at radius 2 is 1.82 bits per heavy atom. The SMILES string of the molecule is CCC(C)CC1(C(=O)O)CCC(C(C)C)CC1. The van der Waals surface area contributed by atoms with Gasteiger partial charge in [0.1, 0.15) is 0 Å². The Balaban J connectivity index is 2.67. The van der Waals surface area contributed by atoms with Gasteiger partial charge in [-0.25, -0.2) is 0 Å². The van der Waals surface area contributed by atoms with Gasteiger partial charge in [-0.05, 0) is 49.9 Å². The van der Waals surface area contributed by atoms with E-state index in [1.54, 1.807) is 0 Å². The van der Waals surface area contributed by atoms with Crippen LogP contribution in [0.25, 0.3) is 0 Å². The minimum absolute atomic E-state index is 0.416. The molecule has 1 fully saturated rings. The quantitative estimate of drug-likeness (QED) is 0.776. The van der Waals surface area contributed by atoms with Crippen LogP contribution in [0.2, 0.25) is 0 Å². The Morgan fingerprint density at radius 1 is 1.29 bits per heavy atom. The van der Waals surface area contributed by atoms with Crippen molar-refractivity contribution < 1.29 is 9.90 Å². The predicted octanol–water partition coefficient (Wildman–Crippen LogP) is 4.34. The van der Waals surface area contributed by atoms with Gasteiger partial charge < -0.3 is 5.11 Å². The van der Waals surface area contributed by atoms with E-state index in [1.165, 1.54) is 0 Å². The first-order valence-corrected chi connectivity index (χ1v) is 7.14. The van der Waals surface area contributed by atoms with Crippen molar-refractivity contribution in [1.29, 1.82) is 0 Å². The molecule has 0 amide bonds. The van der Waals surface area contributed by atoms with Crippen molar-refractivity contribution in [3.8, 4) is 0 Å². The molecule has 1 unspecified atom stereocenters. The highest BCUT2D eigenvalue weighted by atomic mass is 16.4. The molecule has 0 aromatic heterocycles. The van der Waals surface area contributed by atoms with E-state index in [0.29, 0.717) is 11.8 Å². The Bertz CT molecular complexity index is 250. The Morgan fingerprint density at radius 3 is 2.18 bits per heavy atom. The van der Waals surface area contributed by atoms with Gasteiger partial charge in [0, 0.05) is 0 Å². The number of carbonyl (C=O) groups is 1. The number of hydrogen-bond acceptors (Lipinski definition) is 1. The summed E-state index contributed by atoms with van der Waals surface area (Å²) < 4.78 is 0. The molecule has 1 N–H and O–H groups in total. The Kier molecular flexibility index (Phi) is 5.03. The van der Waals surface area contributed by atoms with Gasteiger partial charge in [-0.3, -0.25) is 4.79 Å². The summed E-state index contributed by atoms with van der Waals surface area (Å²) in [5, 5.41) is 9.56. The van der Waals surface area contributed by atoms with Crippen molar-refractivity contribution in [2.45, 2.75) is 66.2 Å². The molecular formula is C15H28O2. The maximum Gasteiger partial charge on any atom is 0.309 e. The van der Waals surface area contributed by atoms with Gasteiger partial charge in [-0.2, -0.15) is 0 Å². The van der Waals surface area contributed by atoms with Crippen LogP contribution in [-0.2, 0) is 4.79 Å². The van der Waals surface area contributed by atoms with Gasteiger partial charge in [0.05, 0.1) is 5.41 Å². The molecule has 0 saturated heterocycles. The molecule has 1 aliphatic rings. The lowest BCUT2D eigenvalue weighted by Gasteiger charge is -2.39. The molecule has 0 aliphatic heterocycles. The minimum Gasteiger partial charge on any atom is -0.481 e. The van der Waals surface area contributed by atoms with E-state index in [9.17, 15) is 9.90 Å². The third-order valence-electron chi connectivity index (χ3n) is 4.82. The summed E-state index contributed by atoms with van der Waals surface area (Å²) >= 11 is 0. The fraction of sp³-hybridized carbons (Fsp3) is 0.933. The summed E-state index contributed by atoms with van der Waals surface area (Å²) in [5.41, 5.74) is -0.416. The topological polar surface area (TPSA) is 37.3 Å². The second-order valence-electron chi connectivity index (χ2n) is 6.38. The standard InChI is InChI=1S/C15H28O2/c1-5-12(4)10-15(14(16)17)8-6-13(7-9-15)11(2)3/h11-13H,5-10H2,1-4H3,(H,16,17). The van der Waals surface area contributed by atoms with E-state index in [0.717, 1.165) is 44.4 Å². The van der Waals surface area contributed by atoms with E-state index in [4.69, 9.17) is 0 Å². The van der Waals surface area contributed by atoms with Crippen LogP contribution in [0.15, 0.2) is 0 Å². The number of carboxylic acid groups (broad SMARTS) is 1. The van der Waals surface area contributed by atoms with E-state index >= 15 is 0 Å². The summed E-state index contributed by atoms with van der Waals surface area (Å²) in [6, 6.07) is 0. The first kappa shape index (κ1) is 14.5. The summed E-state index contributed by atoms with van der Waals surface area (Å²) in [6.07, 6.45) is 5.91. The van der Waals surface area contributed by atoms with E-state index in [-0.39, 0.29) is 0 Å². The van der Waals surface area contributed by atoms with Gasteiger partial charge in [0.2, 0.25) is 0 Å². The first-order chi connectivity index (χ1) is 7.91. The molecule has 1 atom stereocenters. The van der Waals surface area contributed by atoms with Gasteiger partial charge in [0.15, 0.2) is 0 Å². The van der Waals surface area contributed by atoms with Crippen molar-refractivity contribution in [2.75, 3.05) is 0 Å². The van der Waals surface area contributed by atoms with Crippen LogP contribution in [-0.4, -0.2) is 11.1 Å². The molecule has 17 heavy (non-hydrogen) atoms. The first-order valence-electron chi connectivity index (χ1n) is 7.14. The zero-order valence-corrected chi connectivity index (χ0v) is 11.8. The highest BCUT2D eigenvalue weighted by Gasteiger charge is 2.42. The third-order valence-corrected chi connectivity index (χ3v) is 4.82. The van der Waals surface area contributed by atoms with Crippen LogP contribution in [0.5, 0.6) is 0 Å². The molecule has 0 radical (unpaired) electrons. The lowest BCUT2D eigenvalue weighted by atomic mass is 9.64. The van der Waals surface area contributed by atoms with Crippen LogP contribution in [0, 0.1) is 23.2 Å². The molecule has 0 aromatic carbocycles. The third kappa shape index (κ3) is 3.46. The summed E-state index contributed by atoms with van der Waals surface area (Å²) in [7, 11) is 0. The normalized spacial score (nSPS) is 31.5. The van der Waals surface area contributed by atoms with Gasteiger partial charge in [-0.15, -0.1) is 0 Å². The molecule has 1 aliphatic carbocycles. The maximum absolute atomic E-state index is 11.6. The van der Waals surface area contributed by atoms with Crippen LogP contribution < -0.4 is 0 Å². The number of rotatable bonds is 5. The zero-order chi connectivity index (χ0) is 13.1. The molecule has 100 valence electrons. The predicted molar refractivity (Wildman–Crippen MR) is 70.9 cm³/mol. The molecule has 1 saturated carbocycles. The maximum atomic E-state index is 11.6. The average Bonchev–Trinajstić information content (AvgIpc) is 2.29. The summed E-state index contributed by atoms with van der Waals surface area (Å²) in [5.74, 6) is 1.41. The van der Waals surface area contributed by atoms with E-state index in [1.807, 2.05) is 0 Å². The lowest BCUT2D eigenvalue weighted by Crippen LogP contribution is -2.37. The van der Waals surface area contributed by atoms with Crippen molar-refractivity contribution in [3.05, 3.63) is 0 Å². The van der Waals surface area contributed by atoms with Crippen LogP contribution in [0.3, 0.4) is 0 Å². The fourth-order valence-corrected chi connectivity index (χ4v) is 3.18. The van der Waals surface area contributed by atoms with Crippen LogP contribution in [0.4, 0.5) is 0 Å².